The van der Waals surface area contributed by atoms with E-state index < -0.39 is 0 Å². The lowest BCUT2D eigenvalue weighted by atomic mass is 10.2. The molecule has 4 heteroatoms. The molecule has 2 heterocycles. The zero-order valence-electron chi connectivity index (χ0n) is 7.18. The molecule has 0 N–H and O–H groups in total. The molecule has 0 saturated carbocycles. The van der Waals surface area contributed by atoms with E-state index in [2.05, 4.69) is 10.2 Å². The van der Waals surface area contributed by atoms with Crippen LogP contribution < -0.4 is 0 Å². The van der Waals surface area contributed by atoms with Crippen molar-refractivity contribution in [2.75, 3.05) is 0 Å². The van der Waals surface area contributed by atoms with E-state index in [4.69, 9.17) is 8.83 Å². The summed E-state index contributed by atoms with van der Waals surface area (Å²) in [6.07, 6.45) is 1.28. The van der Waals surface area contributed by atoms with Gasteiger partial charge in [-0.3, -0.25) is 0 Å². The van der Waals surface area contributed by atoms with Crippen molar-refractivity contribution in [1.82, 2.24) is 10.2 Å². The van der Waals surface area contributed by atoms with Crippen LogP contribution in [0, 0.1) is 0 Å². The highest BCUT2D eigenvalue weighted by molar-refractivity contribution is 5.81. The van der Waals surface area contributed by atoms with E-state index in [1.165, 1.54) is 6.39 Å². The zero-order chi connectivity index (χ0) is 9.38. The molecule has 0 atom stereocenters. The number of para-hydroxylation sites is 1. The minimum atomic E-state index is 0.404. The third-order valence-electron chi connectivity index (χ3n) is 2.00. The summed E-state index contributed by atoms with van der Waals surface area (Å²) in [5, 5.41) is 8.39. The highest BCUT2D eigenvalue weighted by Gasteiger charge is 2.09. The summed E-state index contributed by atoms with van der Waals surface area (Å²) in [5.74, 6) is 1.00. The third kappa shape index (κ3) is 1.01. The normalized spacial score (nSPS) is 10.9. The molecular weight excluding hydrogens is 180 g/mol. The van der Waals surface area contributed by atoms with E-state index in [0.29, 0.717) is 11.7 Å². The maximum atomic E-state index is 5.52. The van der Waals surface area contributed by atoms with Gasteiger partial charge in [0.05, 0.1) is 0 Å². The zero-order valence-corrected chi connectivity index (χ0v) is 7.18. The lowest BCUT2D eigenvalue weighted by Gasteiger charge is -1.84. The van der Waals surface area contributed by atoms with Crippen LogP contribution in [0.2, 0.25) is 0 Å². The average molecular weight is 186 g/mol. The number of nitrogens with zero attached hydrogens (tertiary/aromatic N) is 2. The van der Waals surface area contributed by atoms with Crippen LogP contribution in [-0.4, -0.2) is 10.2 Å². The molecule has 1 aromatic carbocycles. The van der Waals surface area contributed by atoms with E-state index in [1.807, 2.05) is 30.3 Å². The van der Waals surface area contributed by atoms with E-state index >= 15 is 0 Å². The Balaban J connectivity index is 2.24. The maximum Gasteiger partial charge on any atom is 0.283 e. The first kappa shape index (κ1) is 7.32. The van der Waals surface area contributed by atoms with Crippen LogP contribution in [-0.2, 0) is 0 Å². The largest absolute Gasteiger partial charge is 0.451 e. The molecule has 3 aromatic rings. The van der Waals surface area contributed by atoms with Crippen LogP contribution in [0.5, 0.6) is 0 Å². The van der Waals surface area contributed by atoms with Gasteiger partial charge < -0.3 is 8.83 Å². The van der Waals surface area contributed by atoms with Crippen molar-refractivity contribution in [1.29, 1.82) is 0 Å². The number of fused-ring (bicyclic) bond motifs is 1. The van der Waals surface area contributed by atoms with Gasteiger partial charge in [0.1, 0.15) is 5.58 Å². The van der Waals surface area contributed by atoms with Gasteiger partial charge in [0.15, 0.2) is 5.76 Å². The number of aromatic nitrogens is 2. The minimum Gasteiger partial charge on any atom is -0.451 e. The summed E-state index contributed by atoms with van der Waals surface area (Å²) in [6.45, 7) is 0. The van der Waals surface area contributed by atoms with Crippen LogP contribution in [0.1, 0.15) is 0 Å². The van der Waals surface area contributed by atoms with E-state index in [0.717, 1.165) is 11.0 Å². The standard InChI is InChI=1S/C10H6N2O2/c1-2-4-8-7(3-1)5-9(14-8)10-12-11-6-13-10/h1-6H. The summed E-state index contributed by atoms with van der Waals surface area (Å²) < 4.78 is 10.5. The Morgan fingerprint density at radius 2 is 2.07 bits per heavy atom. The Bertz CT molecular complexity index is 521. The molecule has 0 aliphatic rings. The van der Waals surface area contributed by atoms with Crippen molar-refractivity contribution in [3.63, 3.8) is 0 Å². The lowest BCUT2D eigenvalue weighted by Crippen LogP contribution is -1.71. The molecule has 3 rings (SSSR count). The molecule has 0 saturated heterocycles. The number of hydrogen-bond donors (Lipinski definition) is 0. The molecule has 0 bridgehead atoms. The molecule has 0 aliphatic carbocycles. The topological polar surface area (TPSA) is 52.1 Å². The van der Waals surface area contributed by atoms with Crippen molar-refractivity contribution >= 4 is 11.0 Å². The Labute approximate surface area is 79.2 Å². The first-order chi connectivity index (χ1) is 6.93. The highest BCUT2D eigenvalue weighted by atomic mass is 16.4. The van der Waals surface area contributed by atoms with Crippen LogP contribution in [0.4, 0.5) is 0 Å². The van der Waals surface area contributed by atoms with Gasteiger partial charge >= 0.3 is 0 Å². The summed E-state index contributed by atoms with van der Waals surface area (Å²) in [4.78, 5) is 0. The second-order valence-corrected chi connectivity index (χ2v) is 2.89. The summed E-state index contributed by atoms with van der Waals surface area (Å²) >= 11 is 0. The Hall–Kier alpha value is -2.10. The SMILES string of the molecule is c1ccc2oc(-c3nnco3)cc2c1. The second kappa shape index (κ2) is 2.70. The van der Waals surface area contributed by atoms with Crippen LogP contribution in [0.25, 0.3) is 22.6 Å². The third-order valence-corrected chi connectivity index (χ3v) is 2.00. The smallest absolute Gasteiger partial charge is 0.283 e. The number of furan rings is 1. The van der Waals surface area contributed by atoms with Crippen molar-refractivity contribution in [3.8, 4) is 11.7 Å². The van der Waals surface area contributed by atoms with Gasteiger partial charge in [-0.1, -0.05) is 18.2 Å². The molecule has 0 amide bonds. The van der Waals surface area contributed by atoms with Gasteiger partial charge in [0, 0.05) is 5.39 Å². The molecule has 0 unspecified atom stereocenters. The molecule has 14 heavy (non-hydrogen) atoms. The summed E-state index contributed by atoms with van der Waals surface area (Å²) in [7, 11) is 0. The monoisotopic (exact) mass is 186 g/mol. The second-order valence-electron chi connectivity index (χ2n) is 2.89. The fourth-order valence-electron chi connectivity index (χ4n) is 1.37. The van der Waals surface area contributed by atoms with Crippen LogP contribution >= 0.6 is 0 Å². The molecule has 4 nitrogen and oxygen atoms in total. The molecule has 0 radical (unpaired) electrons. The molecule has 68 valence electrons. The minimum absolute atomic E-state index is 0.404. The fourth-order valence-corrected chi connectivity index (χ4v) is 1.37. The predicted molar refractivity (Wildman–Crippen MR) is 49.5 cm³/mol. The number of benzene rings is 1. The maximum absolute atomic E-state index is 5.52. The van der Waals surface area contributed by atoms with Crippen LogP contribution in [0.3, 0.4) is 0 Å². The van der Waals surface area contributed by atoms with Crippen LogP contribution in [0.15, 0.2) is 45.6 Å². The van der Waals surface area contributed by atoms with Gasteiger partial charge in [0.2, 0.25) is 6.39 Å². The van der Waals surface area contributed by atoms with Gasteiger partial charge in [0.25, 0.3) is 5.89 Å². The van der Waals surface area contributed by atoms with E-state index in [9.17, 15) is 0 Å². The van der Waals surface area contributed by atoms with Gasteiger partial charge in [-0.05, 0) is 12.1 Å². The molecule has 2 aromatic heterocycles. The summed E-state index contributed by atoms with van der Waals surface area (Å²) in [5.41, 5.74) is 0.820. The molecular formula is C10H6N2O2. The van der Waals surface area contributed by atoms with Gasteiger partial charge in [-0.15, -0.1) is 10.2 Å². The highest BCUT2D eigenvalue weighted by Crippen LogP contribution is 2.25. The van der Waals surface area contributed by atoms with Crippen molar-refractivity contribution < 1.29 is 8.83 Å². The Morgan fingerprint density at radius 1 is 1.14 bits per heavy atom. The number of hydrogen-bond acceptors (Lipinski definition) is 4. The van der Waals surface area contributed by atoms with Crippen molar-refractivity contribution in [2.45, 2.75) is 0 Å². The molecule has 0 aliphatic heterocycles. The first-order valence-electron chi connectivity index (χ1n) is 4.18. The fraction of sp³-hybridized carbons (Fsp3) is 0. The quantitative estimate of drug-likeness (QED) is 0.585. The lowest BCUT2D eigenvalue weighted by molar-refractivity contribution is 0.532. The number of rotatable bonds is 1. The van der Waals surface area contributed by atoms with Gasteiger partial charge in [-0.25, -0.2) is 0 Å². The first-order valence-corrected chi connectivity index (χ1v) is 4.18. The Morgan fingerprint density at radius 3 is 2.86 bits per heavy atom. The summed E-state index contributed by atoms with van der Waals surface area (Å²) in [6, 6.07) is 9.62. The van der Waals surface area contributed by atoms with E-state index in [-0.39, 0.29) is 0 Å². The predicted octanol–water partition coefficient (Wildman–Crippen LogP) is 2.48. The van der Waals surface area contributed by atoms with Gasteiger partial charge in [-0.2, -0.15) is 0 Å². The molecule has 0 spiro atoms. The Kier molecular flexibility index (Phi) is 1.41. The van der Waals surface area contributed by atoms with E-state index in [1.54, 1.807) is 0 Å². The van der Waals surface area contributed by atoms with Crippen molar-refractivity contribution in [3.05, 3.63) is 36.7 Å². The molecule has 0 fully saturated rings. The average Bonchev–Trinajstić information content (AvgIpc) is 2.86. The van der Waals surface area contributed by atoms with Crippen molar-refractivity contribution in [2.24, 2.45) is 0 Å².